The van der Waals surface area contributed by atoms with Crippen LogP contribution in [0.2, 0.25) is 0 Å². The summed E-state index contributed by atoms with van der Waals surface area (Å²) in [4.78, 5) is 21.0. The molecular formula is C16H17N7O. The van der Waals surface area contributed by atoms with Gasteiger partial charge in [-0.1, -0.05) is 0 Å². The van der Waals surface area contributed by atoms with Crippen LogP contribution in [0.25, 0.3) is 11.4 Å². The summed E-state index contributed by atoms with van der Waals surface area (Å²) < 4.78 is 1.81. The third-order valence-corrected chi connectivity index (χ3v) is 4.03. The van der Waals surface area contributed by atoms with Crippen LogP contribution in [0.1, 0.15) is 41.7 Å². The second-order valence-electron chi connectivity index (χ2n) is 5.76. The highest BCUT2D eigenvalue weighted by atomic mass is 16.1. The number of nitrogens with zero attached hydrogens (tertiary/aromatic N) is 5. The monoisotopic (exact) mass is 323 g/mol. The third kappa shape index (κ3) is 2.66. The topological polar surface area (TPSA) is 101 Å². The Hall–Kier alpha value is -3.03. The molecular weight excluding hydrogens is 306 g/mol. The molecule has 3 aromatic heterocycles. The number of rotatable bonds is 5. The molecule has 3 aromatic rings. The smallest absolute Gasteiger partial charge is 0.259 e. The van der Waals surface area contributed by atoms with Crippen LogP contribution in [0.4, 0.5) is 5.69 Å². The first-order valence-corrected chi connectivity index (χ1v) is 7.94. The number of hydrogen-bond donors (Lipinski definition) is 2. The van der Waals surface area contributed by atoms with E-state index in [1.54, 1.807) is 24.8 Å². The molecule has 1 aliphatic rings. The zero-order valence-corrected chi connectivity index (χ0v) is 13.2. The van der Waals surface area contributed by atoms with Gasteiger partial charge in [-0.15, -0.1) is 0 Å². The van der Waals surface area contributed by atoms with Crippen molar-refractivity contribution in [2.24, 2.45) is 0 Å². The second-order valence-corrected chi connectivity index (χ2v) is 5.76. The van der Waals surface area contributed by atoms with Crippen molar-refractivity contribution in [3.63, 3.8) is 0 Å². The number of amides is 1. The standard InChI is InChI=1S/C16H17N7O/c1-2-23-9-11(14(22-23)10-3-4-10)16(24)20-13-8-19-21-15(13)12-7-17-5-6-18-12/h5-10H,2-4H2,1H3,(H,19,21)(H,20,24). The molecule has 3 heterocycles. The van der Waals surface area contributed by atoms with Crippen molar-refractivity contribution < 1.29 is 4.79 Å². The van der Waals surface area contributed by atoms with Gasteiger partial charge < -0.3 is 5.32 Å². The number of aromatic amines is 1. The van der Waals surface area contributed by atoms with Crippen LogP contribution in [0.3, 0.4) is 0 Å². The summed E-state index contributed by atoms with van der Waals surface area (Å²) in [5.41, 5.74) is 3.35. The number of hydrogen-bond acceptors (Lipinski definition) is 5. The number of nitrogens with one attached hydrogen (secondary N) is 2. The average Bonchev–Trinajstić information content (AvgIpc) is 3.20. The minimum atomic E-state index is -0.178. The van der Waals surface area contributed by atoms with Gasteiger partial charge in [-0.3, -0.25) is 24.5 Å². The SMILES string of the molecule is CCn1cc(C(=O)Nc2cn[nH]c2-c2cnccn2)c(C2CC2)n1. The van der Waals surface area contributed by atoms with Gasteiger partial charge in [0, 0.05) is 31.1 Å². The molecule has 1 fully saturated rings. The lowest BCUT2D eigenvalue weighted by Crippen LogP contribution is -2.13. The number of aryl methyl sites for hydroxylation is 1. The molecule has 1 saturated carbocycles. The van der Waals surface area contributed by atoms with Gasteiger partial charge in [-0.05, 0) is 19.8 Å². The Morgan fingerprint density at radius 1 is 1.38 bits per heavy atom. The fourth-order valence-corrected chi connectivity index (χ4v) is 2.63. The average molecular weight is 323 g/mol. The van der Waals surface area contributed by atoms with Gasteiger partial charge in [0.05, 0.1) is 29.3 Å². The van der Waals surface area contributed by atoms with Crippen LogP contribution in [-0.4, -0.2) is 35.9 Å². The number of anilines is 1. The van der Waals surface area contributed by atoms with Crippen LogP contribution in [0, 0.1) is 0 Å². The summed E-state index contributed by atoms with van der Waals surface area (Å²) in [6.45, 7) is 2.75. The van der Waals surface area contributed by atoms with E-state index in [0.29, 0.717) is 28.6 Å². The third-order valence-electron chi connectivity index (χ3n) is 4.03. The van der Waals surface area contributed by atoms with E-state index in [1.807, 2.05) is 17.8 Å². The fourth-order valence-electron chi connectivity index (χ4n) is 2.63. The minimum absolute atomic E-state index is 0.178. The molecule has 0 aromatic carbocycles. The number of carbonyl (C=O) groups is 1. The molecule has 0 saturated heterocycles. The molecule has 0 atom stereocenters. The van der Waals surface area contributed by atoms with Crippen LogP contribution in [0.15, 0.2) is 31.0 Å². The first-order valence-electron chi connectivity index (χ1n) is 7.94. The van der Waals surface area contributed by atoms with Gasteiger partial charge in [0.25, 0.3) is 5.91 Å². The summed E-state index contributed by atoms with van der Waals surface area (Å²) >= 11 is 0. The lowest BCUT2D eigenvalue weighted by atomic mass is 10.1. The number of aromatic nitrogens is 6. The highest BCUT2D eigenvalue weighted by Gasteiger charge is 2.31. The van der Waals surface area contributed by atoms with Gasteiger partial charge in [0.2, 0.25) is 0 Å². The lowest BCUT2D eigenvalue weighted by molar-refractivity contribution is 0.102. The molecule has 1 amide bonds. The maximum absolute atomic E-state index is 12.7. The van der Waals surface area contributed by atoms with E-state index in [1.165, 1.54) is 0 Å². The molecule has 0 unspecified atom stereocenters. The Labute approximate surface area is 138 Å². The molecule has 4 rings (SSSR count). The molecule has 1 aliphatic carbocycles. The van der Waals surface area contributed by atoms with Crippen LogP contribution < -0.4 is 5.32 Å². The molecule has 2 N–H and O–H groups in total. The van der Waals surface area contributed by atoms with Crippen LogP contribution in [0.5, 0.6) is 0 Å². The van der Waals surface area contributed by atoms with E-state index >= 15 is 0 Å². The van der Waals surface area contributed by atoms with Crippen LogP contribution >= 0.6 is 0 Å². The quantitative estimate of drug-likeness (QED) is 0.749. The molecule has 0 bridgehead atoms. The number of H-pyrrole nitrogens is 1. The fraction of sp³-hybridized carbons (Fsp3) is 0.312. The first-order chi connectivity index (χ1) is 11.8. The second kappa shape index (κ2) is 5.88. The van der Waals surface area contributed by atoms with E-state index in [2.05, 4.69) is 30.6 Å². The zero-order chi connectivity index (χ0) is 16.5. The Bertz CT molecular complexity index is 864. The van der Waals surface area contributed by atoms with E-state index in [4.69, 9.17) is 0 Å². The molecule has 0 radical (unpaired) electrons. The minimum Gasteiger partial charge on any atom is -0.319 e. The van der Waals surface area contributed by atoms with Gasteiger partial charge in [0.1, 0.15) is 11.4 Å². The van der Waals surface area contributed by atoms with Crippen molar-refractivity contribution in [3.8, 4) is 11.4 Å². The van der Waals surface area contributed by atoms with Gasteiger partial charge in [-0.25, -0.2) is 0 Å². The predicted molar refractivity (Wildman–Crippen MR) is 87.4 cm³/mol. The molecule has 8 heteroatoms. The van der Waals surface area contributed by atoms with Crippen molar-refractivity contribution in [1.82, 2.24) is 29.9 Å². The first kappa shape index (κ1) is 14.6. The van der Waals surface area contributed by atoms with Crippen LogP contribution in [-0.2, 0) is 6.54 Å². The Morgan fingerprint density at radius 3 is 2.96 bits per heavy atom. The van der Waals surface area contributed by atoms with Crippen molar-refractivity contribution in [1.29, 1.82) is 0 Å². The van der Waals surface area contributed by atoms with E-state index in [9.17, 15) is 4.79 Å². The van der Waals surface area contributed by atoms with Gasteiger partial charge >= 0.3 is 0 Å². The normalized spacial score (nSPS) is 13.9. The maximum Gasteiger partial charge on any atom is 0.259 e. The Balaban J connectivity index is 1.62. The van der Waals surface area contributed by atoms with Crippen molar-refractivity contribution in [3.05, 3.63) is 42.2 Å². The molecule has 0 aliphatic heterocycles. The van der Waals surface area contributed by atoms with E-state index < -0.39 is 0 Å². The zero-order valence-electron chi connectivity index (χ0n) is 13.2. The Kier molecular flexibility index (Phi) is 3.56. The molecule has 122 valence electrons. The van der Waals surface area contributed by atoms with Gasteiger partial charge in [-0.2, -0.15) is 10.2 Å². The largest absolute Gasteiger partial charge is 0.319 e. The summed E-state index contributed by atoms with van der Waals surface area (Å²) in [5.74, 6) is 0.227. The van der Waals surface area contributed by atoms with E-state index in [0.717, 1.165) is 25.1 Å². The predicted octanol–water partition coefficient (Wildman–Crippen LogP) is 2.21. The molecule has 0 spiro atoms. The van der Waals surface area contributed by atoms with Crippen molar-refractivity contribution in [2.45, 2.75) is 32.2 Å². The van der Waals surface area contributed by atoms with E-state index in [-0.39, 0.29) is 5.91 Å². The van der Waals surface area contributed by atoms with Gasteiger partial charge in [0.15, 0.2) is 0 Å². The maximum atomic E-state index is 12.7. The molecule has 8 nitrogen and oxygen atoms in total. The summed E-state index contributed by atoms with van der Waals surface area (Å²) in [6.07, 6.45) is 10.4. The lowest BCUT2D eigenvalue weighted by Gasteiger charge is -2.05. The number of carbonyl (C=O) groups excluding carboxylic acids is 1. The van der Waals surface area contributed by atoms with Crippen molar-refractivity contribution >= 4 is 11.6 Å². The summed E-state index contributed by atoms with van der Waals surface area (Å²) in [7, 11) is 0. The summed E-state index contributed by atoms with van der Waals surface area (Å²) in [5, 5.41) is 14.3. The highest BCUT2D eigenvalue weighted by molar-refractivity contribution is 6.06. The van der Waals surface area contributed by atoms with Crippen molar-refractivity contribution in [2.75, 3.05) is 5.32 Å². The molecule has 24 heavy (non-hydrogen) atoms. The summed E-state index contributed by atoms with van der Waals surface area (Å²) in [6, 6.07) is 0. The highest BCUT2D eigenvalue weighted by Crippen LogP contribution is 2.41. The Morgan fingerprint density at radius 2 is 2.25 bits per heavy atom.